The Kier molecular flexibility index (Phi) is 8.10. The monoisotopic (exact) mass is 313 g/mol. The fraction of sp³-hybridized carbons (Fsp3) is 0.600. The number of anilines is 1. The van der Waals surface area contributed by atoms with Crippen molar-refractivity contribution in [2.45, 2.75) is 45.6 Å². The fourth-order valence-electron chi connectivity index (χ4n) is 1.97. The van der Waals surface area contributed by atoms with Crippen LogP contribution in [0.25, 0.3) is 0 Å². The van der Waals surface area contributed by atoms with E-state index < -0.39 is 0 Å². The van der Waals surface area contributed by atoms with Gasteiger partial charge in [0.15, 0.2) is 0 Å². The van der Waals surface area contributed by atoms with Gasteiger partial charge in [-0.1, -0.05) is 54.6 Å². The van der Waals surface area contributed by atoms with Crippen molar-refractivity contribution in [1.29, 1.82) is 0 Å². The maximum Gasteiger partial charge on any atom is 0.0744 e. The van der Waals surface area contributed by atoms with Crippen LogP contribution in [0.5, 0.6) is 0 Å². The van der Waals surface area contributed by atoms with E-state index in [0.717, 1.165) is 11.0 Å². The molecule has 0 atom stereocenters. The van der Waals surface area contributed by atoms with Crippen molar-refractivity contribution in [1.82, 2.24) is 0 Å². The molecular formula is C15H24BrNO. The summed E-state index contributed by atoms with van der Waals surface area (Å²) in [7, 11) is 1.73. The molecule has 0 aliphatic heterocycles. The lowest BCUT2D eigenvalue weighted by molar-refractivity contribution is 0.185. The number of nitrogens with one attached hydrogen (secondary N) is 1. The van der Waals surface area contributed by atoms with Crippen molar-refractivity contribution in [3.8, 4) is 0 Å². The predicted molar refractivity (Wildman–Crippen MR) is 82.1 cm³/mol. The van der Waals surface area contributed by atoms with E-state index in [1.54, 1.807) is 7.11 Å². The summed E-state index contributed by atoms with van der Waals surface area (Å²) in [6, 6.07) is 6.23. The van der Waals surface area contributed by atoms with Crippen LogP contribution in [0.15, 0.2) is 22.7 Å². The van der Waals surface area contributed by atoms with Crippen LogP contribution in [-0.4, -0.2) is 13.7 Å². The number of unbranched alkanes of at least 4 members (excludes halogenated alkanes) is 4. The molecule has 0 saturated heterocycles. The molecule has 1 N–H and O–H groups in total. The third-order valence-electron chi connectivity index (χ3n) is 3.00. The van der Waals surface area contributed by atoms with Crippen molar-refractivity contribution in [3.05, 3.63) is 28.2 Å². The highest BCUT2D eigenvalue weighted by molar-refractivity contribution is 9.10. The third-order valence-corrected chi connectivity index (χ3v) is 3.75. The van der Waals surface area contributed by atoms with Gasteiger partial charge in [0.25, 0.3) is 0 Å². The summed E-state index contributed by atoms with van der Waals surface area (Å²) in [5, 5.41) is 3.51. The van der Waals surface area contributed by atoms with Gasteiger partial charge in [-0.05, 0) is 18.6 Å². The van der Waals surface area contributed by atoms with Crippen molar-refractivity contribution in [3.63, 3.8) is 0 Å². The van der Waals surface area contributed by atoms with E-state index in [0.29, 0.717) is 6.61 Å². The molecule has 0 aliphatic carbocycles. The van der Waals surface area contributed by atoms with Gasteiger partial charge >= 0.3 is 0 Å². The van der Waals surface area contributed by atoms with E-state index in [1.807, 2.05) is 0 Å². The molecule has 0 spiro atoms. The second kappa shape index (κ2) is 9.40. The summed E-state index contributed by atoms with van der Waals surface area (Å²) in [5.41, 5.74) is 2.38. The number of ether oxygens (including phenoxy) is 1. The Morgan fingerprint density at radius 3 is 2.67 bits per heavy atom. The minimum absolute atomic E-state index is 0.638. The zero-order chi connectivity index (χ0) is 13.2. The molecule has 0 amide bonds. The highest BCUT2D eigenvalue weighted by Crippen LogP contribution is 2.25. The van der Waals surface area contributed by atoms with Crippen LogP contribution in [0.3, 0.4) is 0 Å². The summed E-state index contributed by atoms with van der Waals surface area (Å²) < 4.78 is 6.35. The predicted octanol–water partition coefficient (Wildman–Crippen LogP) is 4.98. The molecule has 0 heterocycles. The quantitative estimate of drug-likeness (QED) is 0.649. The molecule has 0 bridgehead atoms. The zero-order valence-electron chi connectivity index (χ0n) is 11.5. The Labute approximate surface area is 119 Å². The highest BCUT2D eigenvalue weighted by Gasteiger charge is 2.05. The Morgan fingerprint density at radius 1 is 1.17 bits per heavy atom. The fourth-order valence-corrected chi connectivity index (χ4v) is 2.45. The Morgan fingerprint density at radius 2 is 1.94 bits per heavy atom. The number of halogens is 1. The summed E-state index contributed by atoms with van der Waals surface area (Å²) >= 11 is 3.57. The average Bonchev–Trinajstić information content (AvgIpc) is 2.37. The SMILES string of the molecule is CCCCCCCNc1cccc(Br)c1COC. The minimum atomic E-state index is 0.638. The van der Waals surface area contributed by atoms with E-state index >= 15 is 0 Å². The molecule has 0 fully saturated rings. The van der Waals surface area contributed by atoms with Crippen LogP contribution in [0.4, 0.5) is 5.69 Å². The van der Waals surface area contributed by atoms with Crippen molar-refractivity contribution < 1.29 is 4.74 Å². The van der Waals surface area contributed by atoms with Gasteiger partial charge in [-0.3, -0.25) is 0 Å². The summed E-state index contributed by atoms with van der Waals surface area (Å²) in [5.74, 6) is 0. The van der Waals surface area contributed by atoms with E-state index in [4.69, 9.17) is 4.74 Å². The summed E-state index contributed by atoms with van der Waals surface area (Å²) in [6.45, 7) is 3.92. The van der Waals surface area contributed by atoms with E-state index in [2.05, 4.69) is 46.4 Å². The third kappa shape index (κ3) is 5.40. The molecule has 2 nitrogen and oxygen atoms in total. The maximum absolute atomic E-state index is 5.24. The van der Waals surface area contributed by atoms with Gasteiger partial charge in [-0.25, -0.2) is 0 Å². The largest absolute Gasteiger partial charge is 0.385 e. The van der Waals surface area contributed by atoms with Crippen LogP contribution in [0.1, 0.15) is 44.6 Å². The van der Waals surface area contributed by atoms with Crippen molar-refractivity contribution >= 4 is 21.6 Å². The van der Waals surface area contributed by atoms with E-state index in [1.165, 1.54) is 43.4 Å². The molecule has 0 saturated carbocycles. The number of methoxy groups -OCH3 is 1. The van der Waals surface area contributed by atoms with Crippen LogP contribution in [-0.2, 0) is 11.3 Å². The Balaban J connectivity index is 2.39. The standard InChI is InChI=1S/C15H24BrNO/c1-3-4-5-6-7-11-17-15-10-8-9-14(16)13(15)12-18-2/h8-10,17H,3-7,11-12H2,1-2H3. The second-order valence-electron chi connectivity index (χ2n) is 4.54. The normalized spacial score (nSPS) is 10.6. The molecular weight excluding hydrogens is 290 g/mol. The molecule has 0 unspecified atom stereocenters. The van der Waals surface area contributed by atoms with E-state index in [9.17, 15) is 0 Å². The van der Waals surface area contributed by atoms with Crippen LogP contribution in [0.2, 0.25) is 0 Å². The zero-order valence-corrected chi connectivity index (χ0v) is 13.1. The molecule has 0 aliphatic rings. The average molecular weight is 314 g/mol. The molecule has 1 rings (SSSR count). The first kappa shape index (κ1) is 15.5. The molecule has 0 radical (unpaired) electrons. The first-order valence-electron chi connectivity index (χ1n) is 6.79. The van der Waals surface area contributed by atoms with Gasteiger partial charge in [-0.2, -0.15) is 0 Å². The summed E-state index contributed by atoms with van der Waals surface area (Å²) in [4.78, 5) is 0. The highest BCUT2D eigenvalue weighted by atomic mass is 79.9. The number of benzene rings is 1. The second-order valence-corrected chi connectivity index (χ2v) is 5.39. The molecule has 102 valence electrons. The van der Waals surface area contributed by atoms with Gasteiger partial charge in [0.1, 0.15) is 0 Å². The maximum atomic E-state index is 5.24. The molecule has 18 heavy (non-hydrogen) atoms. The molecule has 1 aromatic rings. The van der Waals surface area contributed by atoms with Crippen LogP contribution in [0, 0.1) is 0 Å². The smallest absolute Gasteiger partial charge is 0.0744 e. The van der Waals surface area contributed by atoms with Gasteiger partial charge in [-0.15, -0.1) is 0 Å². The first-order valence-corrected chi connectivity index (χ1v) is 7.59. The van der Waals surface area contributed by atoms with Crippen molar-refractivity contribution in [2.24, 2.45) is 0 Å². The Bertz CT molecular complexity index is 341. The van der Waals surface area contributed by atoms with E-state index in [-0.39, 0.29) is 0 Å². The number of hydrogen-bond acceptors (Lipinski definition) is 2. The topological polar surface area (TPSA) is 21.3 Å². The lowest BCUT2D eigenvalue weighted by Gasteiger charge is -2.13. The minimum Gasteiger partial charge on any atom is -0.385 e. The lowest BCUT2D eigenvalue weighted by Crippen LogP contribution is -2.05. The van der Waals surface area contributed by atoms with Crippen LogP contribution < -0.4 is 5.32 Å². The van der Waals surface area contributed by atoms with Gasteiger partial charge in [0.2, 0.25) is 0 Å². The summed E-state index contributed by atoms with van der Waals surface area (Å²) in [6.07, 6.45) is 6.55. The van der Waals surface area contributed by atoms with Gasteiger partial charge in [0, 0.05) is 29.4 Å². The van der Waals surface area contributed by atoms with Gasteiger partial charge in [0.05, 0.1) is 6.61 Å². The first-order chi connectivity index (χ1) is 8.79. The molecule has 0 aromatic heterocycles. The van der Waals surface area contributed by atoms with Gasteiger partial charge < -0.3 is 10.1 Å². The molecule has 1 aromatic carbocycles. The van der Waals surface area contributed by atoms with Crippen LogP contribution >= 0.6 is 15.9 Å². The Hall–Kier alpha value is -0.540. The lowest BCUT2D eigenvalue weighted by atomic mass is 10.1. The van der Waals surface area contributed by atoms with Crippen molar-refractivity contribution in [2.75, 3.05) is 19.0 Å². The number of rotatable bonds is 9. The number of hydrogen-bond donors (Lipinski definition) is 1. The molecule has 3 heteroatoms.